The van der Waals surface area contributed by atoms with Gasteiger partial charge in [0.25, 0.3) is 5.91 Å². The van der Waals surface area contributed by atoms with E-state index in [9.17, 15) is 36.0 Å². The number of carbonyl (C=O) groups excluding carboxylic acids is 3. The number of halogens is 5. The predicted octanol–water partition coefficient (Wildman–Crippen LogP) is 5.05. The van der Waals surface area contributed by atoms with Crippen LogP contribution in [0.5, 0.6) is 0 Å². The van der Waals surface area contributed by atoms with Gasteiger partial charge in [-0.3, -0.25) is 25.2 Å². The monoisotopic (exact) mass is 704 g/mol. The molecule has 1 aromatic heterocycles. The minimum atomic E-state index is -4.84. The standard InChI is InChI=1S/C26H33Cl2F3N4O7S2/c1-8-16(26(29,30)31)35-44(39,40)15-10-9-13(18(27)19(15)28)20-14(11-25(4,5)42-7)32-22(43-20)21(37)34-33-17(36)12-24(2,3)23(38)41-6/h9-10,16,35H,8,11-12H2,1-7H3,(H,33,36)(H,34,37)/t16-/m0/s1. The first-order valence-electron chi connectivity index (χ1n) is 12.9. The van der Waals surface area contributed by atoms with Crippen molar-refractivity contribution >= 4 is 62.3 Å². The normalized spacial score (nSPS) is 13.4. The topological polar surface area (TPSA) is 153 Å². The molecule has 0 bridgehead atoms. The van der Waals surface area contributed by atoms with Gasteiger partial charge in [-0.2, -0.15) is 17.9 Å². The summed E-state index contributed by atoms with van der Waals surface area (Å²) in [6.45, 7) is 7.67. The molecule has 11 nitrogen and oxygen atoms in total. The second-order valence-corrected chi connectivity index (χ2v) is 14.3. The van der Waals surface area contributed by atoms with Crippen LogP contribution in [0.1, 0.15) is 63.0 Å². The third-order valence-electron chi connectivity index (χ3n) is 6.38. The Balaban J connectivity index is 2.47. The van der Waals surface area contributed by atoms with Crippen molar-refractivity contribution < 1.29 is 45.4 Å². The second kappa shape index (κ2) is 14.3. The Kier molecular flexibility index (Phi) is 12.2. The Morgan fingerprint density at radius 1 is 1.05 bits per heavy atom. The molecule has 3 N–H and O–H groups in total. The van der Waals surface area contributed by atoms with E-state index in [1.165, 1.54) is 41.1 Å². The number of sulfonamides is 1. The minimum Gasteiger partial charge on any atom is -0.469 e. The van der Waals surface area contributed by atoms with Crippen LogP contribution < -0.4 is 15.6 Å². The number of hydrogen-bond donors (Lipinski definition) is 3. The Morgan fingerprint density at radius 3 is 2.18 bits per heavy atom. The van der Waals surface area contributed by atoms with Gasteiger partial charge in [-0.25, -0.2) is 13.4 Å². The summed E-state index contributed by atoms with van der Waals surface area (Å²) in [5.41, 5.74) is 2.95. The maximum absolute atomic E-state index is 13.3. The lowest BCUT2D eigenvalue weighted by Gasteiger charge is -2.22. The van der Waals surface area contributed by atoms with Crippen molar-refractivity contribution in [1.82, 2.24) is 20.6 Å². The Hall–Kier alpha value is -2.50. The van der Waals surface area contributed by atoms with Gasteiger partial charge in [0, 0.05) is 25.5 Å². The zero-order valence-electron chi connectivity index (χ0n) is 24.9. The molecular weight excluding hydrogens is 672 g/mol. The zero-order valence-corrected chi connectivity index (χ0v) is 28.0. The number of hydrazine groups is 1. The number of nitrogens with one attached hydrogen (secondary N) is 3. The van der Waals surface area contributed by atoms with Gasteiger partial charge in [-0.05, 0) is 40.2 Å². The lowest BCUT2D eigenvalue weighted by Crippen LogP contribution is -2.44. The van der Waals surface area contributed by atoms with Crippen molar-refractivity contribution in [3.05, 3.63) is 32.9 Å². The van der Waals surface area contributed by atoms with Crippen LogP contribution in [0.15, 0.2) is 17.0 Å². The number of carbonyl (C=O) groups is 3. The van der Waals surface area contributed by atoms with E-state index in [4.69, 9.17) is 27.9 Å². The number of ether oxygens (including phenoxy) is 2. The Morgan fingerprint density at radius 2 is 1.66 bits per heavy atom. The first-order valence-corrected chi connectivity index (χ1v) is 16.0. The number of benzene rings is 1. The smallest absolute Gasteiger partial charge is 0.404 e. The molecule has 0 saturated heterocycles. The molecule has 18 heteroatoms. The number of methoxy groups -OCH3 is 2. The maximum Gasteiger partial charge on any atom is 0.404 e. The lowest BCUT2D eigenvalue weighted by molar-refractivity contribution is -0.153. The zero-order chi connectivity index (χ0) is 33.8. The summed E-state index contributed by atoms with van der Waals surface area (Å²) < 4.78 is 77.2. The van der Waals surface area contributed by atoms with E-state index in [1.807, 2.05) is 0 Å². The molecule has 2 amide bonds. The highest BCUT2D eigenvalue weighted by molar-refractivity contribution is 7.89. The van der Waals surface area contributed by atoms with Gasteiger partial charge in [0.1, 0.15) is 10.9 Å². The molecule has 2 aromatic rings. The van der Waals surface area contributed by atoms with Crippen molar-refractivity contribution in [1.29, 1.82) is 0 Å². The van der Waals surface area contributed by atoms with E-state index in [0.29, 0.717) is 10.6 Å². The van der Waals surface area contributed by atoms with Crippen molar-refractivity contribution in [2.24, 2.45) is 5.41 Å². The van der Waals surface area contributed by atoms with Gasteiger partial charge in [-0.15, -0.1) is 11.3 Å². The van der Waals surface area contributed by atoms with Crippen molar-refractivity contribution in [2.45, 2.75) is 76.6 Å². The number of alkyl halides is 3. The van der Waals surface area contributed by atoms with E-state index in [0.717, 1.165) is 17.4 Å². The molecule has 2 rings (SSSR count). The highest BCUT2D eigenvalue weighted by Crippen LogP contribution is 2.42. The second-order valence-electron chi connectivity index (χ2n) is 10.9. The van der Waals surface area contributed by atoms with Crippen LogP contribution >= 0.6 is 34.5 Å². The summed E-state index contributed by atoms with van der Waals surface area (Å²) in [7, 11) is -2.10. The molecule has 0 spiro atoms. The highest BCUT2D eigenvalue weighted by atomic mass is 35.5. The third kappa shape index (κ3) is 9.26. The maximum atomic E-state index is 13.3. The van der Waals surface area contributed by atoms with Crippen LogP contribution in [-0.4, -0.2) is 63.2 Å². The molecule has 1 atom stereocenters. The quantitative estimate of drug-likeness (QED) is 0.205. The largest absolute Gasteiger partial charge is 0.469 e. The van der Waals surface area contributed by atoms with E-state index >= 15 is 0 Å². The lowest BCUT2D eigenvalue weighted by atomic mass is 9.89. The summed E-state index contributed by atoms with van der Waals surface area (Å²) >= 11 is 13.6. The summed E-state index contributed by atoms with van der Waals surface area (Å²) in [4.78, 5) is 41.2. The number of aromatic nitrogens is 1. The van der Waals surface area contributed by atoms with Gasteiger partial charge in [0.05, 0.1) is 38.7 Å². The first-order chi connectivity index (χ1) is 20.1. The van der Waals surface area contributed by atoms with Crippen LogP contribution in [0.4, 0.5) is 13.2 Å². The summed E-state index contributed by atoms with van der Waals surface area (Å²) in [6, 6.07) is -0.102. The third-order valence-corrected chi connectivity index (χ3v) is 10.0. The summed E-state index contributed by atoms with van der Waals surface area (Å²) in [6.07, 6.45) is -5.55. The molecular formula is C26H33Cl2F3N4O7S2. The molecule has 0 aliphatic carbocycles. The van der Waals surface area contributed by atoms with Crippen LogP contribution in [0.3, 0.4) is 0 Å². The molecule has 0 saturated carbocycles. The predicted molar refractivity (Wildman–Crippen MR) is 159 cm³/mol. The number of amides is 2. The molecule has 44 heavy (non-hydrogen) atoms. The van der Waals surface area contributed by atoms with Crippen molar-refractivity contribution in [3.8, 4) is 10.4 Å². The van der Waals surface area contributed by atoms with E-state index < -0.39 is 67.4 Å². The van der Waals surface area contributed by atoms with Crippen LogP contribution in [0.25, 0.3) is 10.4 Å². The van der Waals surface area contributed by atoms with Gasteiger partial charge in [0.15, 0.2) is 5.01 Å². The van der Waals surface area contributed by atoms with Crippen molar-refractivity contribution in [3.63, 3.8) is 0 Å². The molecule has 0 aliphatic rings. The first kappa shape index (κ1) is 37.7. The van der Waals surface area contributed by atoms with Crippen LogP contribution in [-0.2, 0) is 35.5 Å². The average Bonchev–Trinajstić information content (AvgIpc) is 3.32. The summed E-state index contributed by atoms with van der Waals surface area (Å²) in [5, 5.41) is -0.971. The number of esters is 1. The molecule has 1 heterocycles. The van der Waals surface area contributed by atoms with E-state index in [-0.39, 0.29) is 28.4 Å². The van der Waals surface area contributed by atoms with Crippen LogP contribution in [0.2, 0.25) is 10.0 Å². The molecule has 0 fully saturated rings. The van der Waals surface area contributed by atoms with Gasteiger partial charge >= 0.3 is 12.1 Å². The SMILES string of the molecule is CC[C@H](NS(=O)(=O)c1ccc(-c2sc(C(=O)NNC(=O)CC(C)(C)C(=O)OC)nc2CC(C)(C)OC)c(Cl)c1Cl)C(F)(F)F. The Bertz CT molecular complexity index is 1510. The fourth-order valence-corrected chi connectivity index (χ4v) is 7.01. The van der Waals surface area contributed by atoms with Crippen molar-refractivity contribution in [2.75, 3.05) is 14.2 Å². The van der Waals surface area contributed by atoms with Gasteiger partial charge in [0.2, 0.25) is 15.9 Å². The fraction of sp³-hybridized carbons (Fsp3) is 0.538. The van der Waals surface area contributed by atoms with Gasteiger partial charge in [-0.1, -0.05) is 36.2 Å². The molecule has 0 aliphatic heterocycles. The molecule has 1 aromatic carbocycles. The summed E-state index contributed by atoms with van der Waals surface area (Å²) in [5.74, 6) is -2.11. The van der Waals surface area contributed by atoms with Crippen LogP contribution in [0, 0.1) is 5.41 Å². The van der Waals surface area contributed by atoms with Gasteiger partial charge < -0.3 is 9.47 Å². The number of hydrogen-bond acceptors (Lipinski definition) is 9. The van der Waals surface area contributed by atoms with E-state index in [2.05, 4.69) is 20.6 Å². The molecule has 0 unspecified atom stereocenters. The molecule has 0 radical (unpaired) electrons. The average molecular weight is 706 g/mol. The Labute approximate surface area is 267 Å². The number of thiazole rings is 1. The highest BCUT2D eigenvalue weighted by Gasteiger charge is 2.41. The number of rotatable bonds is 12. The van der Waals surface area contributed by atoms with E-state index in [1.54, 1.807) is 18.6 Å². The number of nitrogens with zero attached hydrogens (tertiary/aromatic N) is 1. The molecule has 246 valence electrons. The fourth-order valence-electron chi connectivity index (χ4n) is 3.78. The minimum absolute atomic E-state index is 0.129.